The Morgan fingerprint density at radius 1 is 1.22 bits per heavy atom. The summed E-state index contributed by atoms with van der Waals surface area (Å²) in [5, 5.41) is 0. The van der Waals surface area contributed by atoms with Crippen molar-refractivity contribution in [3.63, 3.8) is 0 Å². The number of hydrogen-bond donors (Lipinski definition) is 0. The predicted molar refractivity (Wildman–Crippen MR) is 69.9 cm³/mol. The Labute approximate surface area is 109 Å². The van der Waals surface area contributed by atoms with E-state index in [1.807, 2.05) is 0 Å². The largest absolute Gasteiger partial charge is 0.301 e. The molecule has 18 heavy (non-hydrogen) atoms. The molecule has 0 aliphatic carbocycles. The molecular formula is C14H22N2O2. The fourth-order valence-electron chi connectivity index (χ4n) is 2.83. The van der Waals surface area contributed by atoms with Gasteiger partial charge in [0.1, 0.15) is 0 Å². The molecule has 0 bridgehead atoms. The van der Waals surface area contributed by atoms with Gasteiger partial charge in [-0.3, -0.25) is 14.5 Å². The van der Waals surface area contributed by atoms with Gasteiger partial charge in [0.25, 0.3) is 11.8 Å². The first-order valence-electron chi connectivity index (χ1n) is 6.64. The molecule has 0 spiro atoms. The molecule has 0 saturated carbocycles. The Bertz CT molecular complexity index is 364. The monoisotopic (exact) mass is 250 g/mol. The van der Waals surface area contributed by atoms with Crippen molar-refractivity contribution in [3.05, 3.63) is 12.2 Å². The zero-order valence-electron chi connectivity index (χ0n) is 11.5. The van der Waals surface area contributed by atoms with Gasteiger partial charge in [-0.2, -0.15) is 0 Å². The van der Waals surface area contributed by atoms with Crippen LogP contribution in [0.25, 0.3) is 0 Å². The highest BCUT2D eigenvalue weighted by Gasteiger charge is 2.34. The molecule has 0 N–H and O–H groups in total. The summed E-state index contributed by atoms with van der Waals surface area (Å²) < 4.78 is 0. The summed E-state index contributed by atoms with van der Waals surface area (Å²) in [5.41, 5.74) is 0.249. The third kappa shape index (κ3) is 2.99. The number of piperidine rings is 1. The Morgan fingerprint density at radius 3 is 2.39 bits per heavy atom. The van der Waals surface area contributed by atoms with E-state index in [-0.39, 0.29) is 23.3 Å². The molecule has 1 atom stereocenters. The van der Waals surface area contributed by atoms with Gasteiger partial charge >= 0.3 is 0 Å². The summed E-state index contributed by atoms with van der Waals surface area (Å²) in [4.78, 5) is 27.1. The second-order valence-corrected chi connectivity index (χ2v) is 6.47. The van der Waals surface area contributed by atoms with Crippen LogP contribution in [0.15, 0.2) is 12.2 Å². The highest BCUT2D eigenvalue weighted by Crippen LogP contribution is 2.23. The van der Waals surface area contributed by atoms with Crippen LogP contribution in [0, 0.1) is 5.41 Å². The number of nitrogens with zero attached hydrogens (tertiary/aromatic N) is 2. The van der Waals surface area contributed by atoms with E-state index in [4.69, 9.17) is 0 Å². The third-order valence-electron chi connectivity index (χ3n) is 3.39. The molecule has 1 saturated heterocycles. The molecule has 2 aliphatic heterocycles. The van der Waals surface area contributed by atoms with Gasteiger partial charge in [0.05, 0.1) is 6.04 Å². The number of likely N-dealkylation sites (tertiary alicyclic amines) is 1. The molecule has 1 fully saturated rings. The van der Waals surface area contributed by atoms with E-state index in [0.717, 1.165) is 32.5 Å². The van der Waals surface area contributed by atoms with Crippen LogP contribution in [0.4, 0.5) is 0 Å². The fourth-order valence-corrected chi connectivity index (χ4v) is 2.83. The minimum atomic E-state index is -0.150. The van der Waals surface area contributed by atoms with Gasteiger partial charge in [-0.05, 0) is 24.8 Å². The Hall–Kier alpha value is -1.16. The molecule has 2 amide bonds. The predicted octanol–water partition coefficient (Wildman–Crippen LogP) is 1.42. The average molecular weight is 250 g/mol. The van der Waals surface area contributed by atoms with Gasteiger partial charge in [0.15, 0.2) is 0 Å². The average Bonchev–Trinajstić information content (AvgIpc) is 2.56. The number of rotatable bonds is 2. The highest BCUT2D eigenvalue weighted by molar-refractivity contribution is 6.13. The first-order valence-corrected chi connectivity index (χ1v) is 6.64. The van der Waals surface area contributed by atoms with E-state index < -0.39 is 0 Å². The van der Waals surface area contributed by atoms with Crippen molar-refractivity contribution >= 4 is 11.8 Å². The van der Waals surface area contributed by atoms with Gasteiger partial charge in [-0.15, -0.1) is 0 Å². The lowest BCUT2D eigenvalue weighted by molar-refractivity contribution is -0.140. The van der Waals surface area contributed by atoms with Gasteiger partial charge < -0.3 is 4.90 Å². The van der Waals surface area contributed by atoms with Crippen molar-refractivity contribution < 1.29 is 9.59 Å². The number of imide groups is 1. The van der Waals surface area contributed by atoms with E-state index in [2.05, 4.69) is 25.7 Å². The Kier molecular flexibility index (Phi) is 3.57. The van der Waals surface area contributed by atoms with Crippen LogP contribution in [0.1, 0.15) is 33.6 Å². The minimum absolute atomic E-state index is 0.0519. The van der Waals surface area contributed by atoms with Crippen molar-refractivity contribution in [1.82, 2.24) is 9.80 Å². The highest BCUT2D eigenvalue weighted by atomic mass is 16.2. The first kappa shape index (κ1) is 13.3. The molecule has 2 rings (SSSR count). The molecule has 0 aromatic carbocycles. The van der Waals surface area contributed by atoms with Gasteiger partial charge in [-0.25, -0.2) is 0 Å². The van der Waals surface area contributed by atoms with Crippen LogP contribution in [-0.2, 0) is 9.59 Å². The van der Waals surface area contributed by atoms with Crippen molar-refractivity contribution in [2.75, 3.05) is 19.6 Å². The number of carbonyl (C=O) groups excluding carboxylic acids is 2. The summed E-state index contributed by atoms with van der Waals surface area (Å²) in [5.74, 6) is -0.301. The summed E-state index contributed by atoms with van der Waals surface area (Å²) in [6.07, 6.45) is 4.74. The molecule has 2 heterocycles. The van der Waals surface area contributed by atoms with Gasteiger partial charge in [-0.1, -0.05) is 20.8 Å². The third-order valence-corrected chi connectivity index (χ3v) is 3.39. The lowest BCUT2D eigenvalue weighted by atomic mass is 9.94. The summed E-state index contributed by atoms with van der Waals surface area (Å²) in [6, 6.07) is 0.0519. The maximum Gasteiger partial charge on any atom is 0.253 e. The number of amides is 2. The van der Waals surface area contributed by atoms with E-state index in [9.17, 15) is 9.59 Å². The van der Waals surface area contributed by atoms with Crippen LogP contribution < -0.4 is 0 Å². The molecule has 2 aliphatic rings. The van der Waals surface area contributed by atoms with E-state index >= 15 is 0 Å². The Balaban J connectivity index is 1.99. The normalized spacial score (nSPS) is 26.2. The van der Waals surface area contributed by atoms with Crippen molar-refractivity contribution in [1.29, 1.82) is 0 Å². The molecule has 0 aromatic rings. The second kappa shape index (κ2) is 4.84. The molecule has 1 unspecified atom stereocenters. The fraction of sp³-hybridized carbons (Fsp3) is 0.714. The topological polar surface area (TPSA) is 40.6 Å². The quantitative estimate of drug-likeness (QED) is 0.696. The molecule has 4 heteroatoms. The van der Waals surface area contributed by atoms with Crippen molar-refractivity contribution in [2.45, 2.75) is 39.7 Å². The molecular weight excluding hydrogens is 228 g/mol. The van der Waals surface area contributed by atoms with Crippen LogP contribution in [0.5, 0.6) is 0 Å². The summed E-state index contributed by atoms with van der Waals surface area (Å²) in [7, 11) is 0. The second-order valence-electron chi connectivity index (χ2n) is 6.47. The van der Waals surface area contributed by atoms with Crippen LogP contribution >= 0.6 is 0 Å². The molecule has 4 nitrogen and oxygen atoms in total. The Morgan fingerprint density at radius 2 is 1.83 bits per heavy atom. The molecule has 100 valence electrons. The van der Waals surface area contributed by atoms with Crippen LogP contribution in [-0.4, -0.2) is 47.3 Å². The van der Waals surface area contributed by atoms with Crippen molar-refractivity contribution in [2.24, 2.45) is 5.41 Å². The maximum absolute atomic E-state index is 11.7. The number of carbonyl (C=O) groups is 2. The standard InChI is InChI=1S/C14H22N2O2/c1-14(2,3)10-15-8-4-5-11(9-15)16-12(17)6-7-13(16)18/h6-7,11H,4-5,8-10H2,1-3H3. The van der Waals surface area contributed by atoms with Gasteiger partial charge in [0.2, 0.25) is 0 Å². The summed E-state index contributed by atoms with van der Waals surface area (Å²) >= 11 is 0. The van der Waals surface area contributed by atoms with Crippen LogP contribution in [0.3, 0.4) is 0 Å². The lowest BCUT2D eigenvalue weighted by Crippen LogP contribution is -2.51. The zero-order valence-corrected chi connectivity index (χ0v) is 11.5. The van der Waals surface area contributed by atoms with E-state index in [1.54, 1.807) is 0 Å². The van der Waals surface area contributed by atoms with E-state index in [0.29, 0.717) is 0 Å². The lowest BCUT2D eigenvalue weighted by Gasteiger charge is -2.39. The van der Waals surface area contributed by atoms with Crippen molar-refractivity contribution in [3.8, 4) is 0 Å². The minimum Gasteiger partial charge on any atom is -0.301 e. The van der Waals surface area contributed by atoms with Gasteiger partial charge in [0, 0.05) is 25.2 Å². The number of hydrogen-bond acceptors (Lipinski definition) is 3. The van der Waals surface area contributed by atoms with E-state index in [1.165, 1.54) is 17.1 Å². The molecule has 0 radical (unpaired) electrons. The molecule has 0 aromatic heterocycles. The maximum atomic E-state index is 11.7. The SMILES string of the molecule is CC(C)(C)CN1CCCC(N2C(=O)C=CC2=O)C1. The van der Waals surface area contributed by atoms with Crippen LogP contribution in [0.2, 0.25) is 0 Å². The zero-order chi connectivity index (χ0) is 13.3. The smallest absolute Gasteiger partial charge is 0.253 e. The first-order chi connectivity index (χ1) is 8.37. The summed E-state index contributed by atoms with van der Waals surface area (Å²) in [6.45, 7) is 9.53.